The van der Waals surface area contributed by atoms with Crippen molar-refractivity contribution in [2.24, 2.45) is 0 Å². The van der Waals surface area contributed by atoms with Gasteiger partial charge in [0.15, 0.2) is 0 Å². The summed E-state index contributed by atoms with van der Waals surface area (Å²) < 4.78 is 90.0. The molecule has 0 aromatic heterocycles. The number of benzene rings is 4. The van der Waals surface area contributed by atoms with E-state index in [9.17, 15) is 0 Å². The maximum atomic E-state index is 15.1. The van der Waals surface area contributed by atoms with Gasteiger partial charge in [0.1, 0.15) is 63.8 Å². The van der Waals surface area contributed by atoms with Gasteiger partial charge in [0.05, 0.1) is 13.2 Å². The zero-order chi connectivity index (χ0) is 42.1. The number of methoxy groups -OCH3 is 4. The monoisotopic (exact) mass is 854 g/mol. The Morgan fingerprint density at radius 1 is 0.475 bits per heavy atom. The minimum absolute atomic E-state index is 0.0837. The summed E-state index contributed by atoms with van der Waals surface area (Å²) in [5, 5.41) is 1.58. The lowest BCUT2D eigenvalue weighted by molar-refractivity contribution is -0.294. The predicted octanol–water partition coefficient (Wildman–Crippen LogP) is 6.83. The molecule has 322 valence electrons. The molecule has 0 radical (unpaired) electrons. The molecule has 0 spiro atoms. The lowest BCUT2D eigenvalue weighted by atomic mass is 9.84. The van der Waals surface area contributed by atoms with Crippen molar-refractivity contribution in [3.05, 3.63) is 132 Å². The standard InChI is InChI=1S/C44H59O13PSi/c1-44(2,3)59(36-24-16-10-17-25-36,37-26-18-11-19-27-37)57-43-40(52-32-48-6)38(50-30-46-4)42(39(51-31-47-5)41(43)53-33-49-7)56-58(45,54-28-34-20-12-8-13-21-34)55-29-35-22-14-9-15-23-35/h8-27,38-43H,28-33H2,1-7H3/t38-,39+,40-,41-,42?,43?/m1/s1. The van der Waals surface area contributed by atoms with Crippen LogP contribution in [0.1, 0.15) is 31.9 Å². The maximum Gasteiger partial charge on any atom is 0.475 e. The van der Waals surface area contributed by atoms with Crippen LogP contribution < -0.4 is 10.4 Å². The topological polar surface area (TPSA) is 128 Å². The van der Waals surface area contributed by atoms with Gasteiger partial charge in [0, 0.05) is 28.4 Å². The second-order valence-corrected chi connectivity index (χ2v) is 20.8. The average Bonchev–Trinajstić information content (AvgIpc) is 3.26. The Balaban J connectivity index is 1.69. The highest BCUT2D eigenvalue weighted by molar-refractivity contribution is 7.48. The van der Waals surface area contributed by atoms with E-state index in [0.29, 0.717) is 0 Å². The molecule has 15 heteroatoms. The number of ether oxygens (including phenoxy) is 8. The normalized spacial score (nSPS) is 21.4. The molecule has 0 N–H and O–H groups in total. The Bertz CT molecular complexity index is 1690. The van der Waals surface area contributed by atoms with Gasteiger partial charge in [0.25, 0.3) is 8.32 Å². The van der Waals surface area contributed by atoms with E-state index in [2.05, 4.69) is 45.0 Å². The third kappa shape index (κ3) is 12.2. The van der Waals surface area contributed by atoms with Crippen molar-refractivity contribution in [2.45, 2.75) is 75.6 Å². The van der Waals surface area contributed by atoms with E-state index in [4.69, 9.17) is 55.9 Å². The van der Waals surface area contributed by atoms with Gasteiger partial charge in [-0.25, -0.2) is 4.57 Å². The number of phosphoric acid groups is 1. The molecule has 1 fully saturated rings. The quantitative estimate of drug-likeness (QED) is 0.0416. The van der Waals surface area contributed by atoms with Crippen molar-refractivity contribution in [1.82, 2.24) is 0 Å². The van der Waals surface area contributed by atoms with Crippen LogP contribution in [0.25, 0.3) is 0 Å². The van der Waals surface area contributed by atoms with Crippen LogP contribution in [0.3, 0.4) is 0 Å². The number of hydrogen-bond donors (Lipinski definition) is 0. The van der Waals surface area contributed by atoms with E-state index in [1.165, 1.54) is 28.4 Å². The van der Waals surface area contributed by atoms with Crippen LogP contribution >= 0.6 is 7.82 Å². The zero-order valence-electron chi connectivity index (χ0n) is 35.0. The molecule has 4 aromatic rings. The highest BCUT2D eigenvalue weighted by Crippen LogP contribution is 2.55. The number of hydrogen-bond acceptors (Lipinski definition) is 13. The molecule has 6 atom stereocenters. The summed E-state index contributed by atoms with van der Waals surface area (Å²) in [5.41, 5.74) is 1.51. The van der Waals surface area contributed by atoms with Crippen molar-refractivity contribution in [3.8, 4) is 0 Å². The fraction of sp³-hybridized carbons (Fsp3) is 0.455. The minimum atomic E-state index is -4.49. The zero-order valence-corrected chi connectivity index (χ0v) is 36.9. The van der Waals surface area contributed by atoms with Crippen LogP contribution in [0, 0.1) is 0 Å². The number of rotatable bonds is 24. The molecule has 1 aliphatic carbocycles. The summed E-state index contributed by atoms with van der Waals surface area (Å²) in [4.78, 5) is 0. The molecular weight excluding hydrogens is 796 g/mol. The second-order valence-electron chi connectivity index (χ2n) is 14.9. The highest BCUT2D eigenvalue weighted by Gasteiger charge is 2.61. The summed E-state index contributed by atoms with van der Waals surface area (Å²) >= 11 is 0. The van der Waals surface area contributed by atoms with Gasteiger partial charge in [0.2, 0.25) is 0 Å². The van der Waals surface area contributed by atoms with E-state index in [1.807, 2.05) is 97.1 Å². The molecule has 2 unspecified atom stereocenters. The Labute approximate surface area is 349 Å². The van der Waals surface area contributed by atoms with Gasteiger partial charge in [-0.15, -0.1) is 0 Å². The Hall–Kier alpha value is -3.15. The minimum Gasteiger partial charge on any atom is -0.399 e. The van der Waals surface area contributed by atoms with Crippen LogP contribution in [0.15, 0.2) is 121 Å². The number of phosphoric ester groups is 1. The SMILES string of the molecule is COCO[C@@H]1C(OP(=O)(OCc2ccccc2)OCc2ccccc2)[C@H](OCOC)[C@@H](OCOC)C(O[Si](c2ccccc2)(c2ccccc2)C(C)(C)C)[C@@H]1OCOC. The summed E-state index contributed by atoms with van der Waals surface area (Å²) in [5.74, 6) is 0. The van der Waals surface area contributed by atoms with Gasteiger partial charge in [-0.2, -0.15) is 0 Å². The summed E-state index contributed by atoms with van der Waals surface area (Å²) in [6.45, 7) is 5.61. The van der Waals surface area contributed by atoms with Crippen LogP contribution in [0.4, 0.5) is 0 Å². The third-order valence-electron chi connectivity index (χ3n) is 9.90. The average molecular weight is 855 g/mol. The fourth-order valence-corrected chi connectivity index (χ4v) is 13.4. The van der Waals surface area contributed by atoms with Gasteiger partial charge >= 0.3 is 7.82 Å². The molecule has 0 amide bonds. The van der Waals surface area contributed by atoms with Crippen LogP contribution in [0.5, 0.6) is 0 Å². The summed E-state index contributed by atoms with van der Waals surface area (Å²) in [6.07, 6.45) is -6.46. The van der Waals surface area contributed by atoms with E-state index in [0.717, 1.165) is 21.5 Å². The Morgan fingerprint density at radius 2 is 0.797 bits per heavy atom. The van der Waals surface area contributed by atoms with Crippen LogP contribution in [-0.4, -0.2) is 101 Å². The van der Waals surface area contributed by atoms with Gasteiger partial charge in [-0.1, -0.05) is 142 Å². The Morgan fingerprint density at radius 3 is 1.12 bits per heavy atom. The second kappa shape index (κ2) is 23.2. The van der Waals surface area contributed by atoms with E-state index < -0.39 is 57.8 Å². The molecule has 0 aliphatic heterocycles. The molecular formula is C44H59O13PSi. The summed E-state index contributed by atoms with van der Waals surface area (Å²) in [7, 11) is -1.80. The van der Waals surface area contributed by atoms with E-state index in [-0.39, 0.29) is 40.4 Å². The molecule has 4 aromatic carbocycles. The van der Waals surface area contributed by atoms with Crippen LogP contribution in [-0.2, 0) is 73.7 Å². The smallest absolute Gasteiger partial charge is 0.399 e. The first-order valence-corrected chi connectivity index (χ1v) is 22.8. The van der Waals surface area contributed by atoms with E-state index >= 15 is 4.57 Å². The maximum absolute atomic E-state index is 15.1. The summed E-state index contributed by atoms with van der Waals surface area (Å²) in [6, 6.07) is 39.0. The fourth-order valence-electron chi connectivity index (χ4n) is 7.32. The van der Waals surface area contributed by atoms with Gasteiger partial charge in [-0.3, -0.25) is 13.6 Å². The lowest BCUT2D eigenvalue weighted by Gasteiger charge is -2.53. The van der Waals surface area contributed by atoms with Crippen molar-refractivity contribution in [2.75, 3.05) is 55.6 Å². The molecule has 13 nitrogen and oxygen atoms in total. The Kier molecular flexibility index (Phi) is 18.4. The first-order chi connectivity index (χ1) is 28.6. The lowest BCUT2D eigenvalue weighted by Crippen LogP contribution is -2.74. The first kappa shape index (κ1) is 46.9. The van der Waals surface area contributed by atoms with Crippen molar-refractivity contribution in [1.29, 1.82) is 0 Å². The van der Waals surface area contributed by atoms with Gasteiger partial charge in [-0.05, 0) is 26.5 Å². The third-order valence-corrected chi connectivity index (χ3v) is 16.3. The largest absolute Gasteiger partial charge is 0.475 e. The van der Waals surface area contributed by atoms with E-state index in [1.54, 1.807) is 0 Å². The van der Waals surface area contributed by atoms with Gasteiger partial charge < -0.3 is 42.3 Å². The van der Waals surface area contributed by atoms with Crippen molar-refractivity contribution in [3.63, 3.8) is 0 Å². The van der Waals surface area contributed by atoms with Crippen molar-refractivity contribution >= 4 is 26.5 Å². The van der Waals surface area contributed by atoms with Crippen molar-refractivity contribution < 1.29 is 60.5 Å². The molecule has 0 bridgehead atoms. The molecule has 0 heterocycles. The molecule has 5 rings (SSSR count). The molecule has 1 aliphatic rings. The highest BCUT2D eigenvalue weighted by atomic mass is 31.2. The molecule has 1 saturated carbocycles. The molecule has 0 saturated heterocycles. The predicted molar refractivity (Wildman–Crippen MR) is 224 cm³/mol. The molecule has 59 heavy (non-hydrogen) atoms. The van der Waals surface area contributed by atoms with Crippen LogP contribution in [0.2, 0.25) is 5.04 Å². The first-order valence-electron chi connectivity index (χ1n) is 19.5.